The molecule has 2 saturated heterocycles. The molecule has 2 atom stereocenters. The van der Waals surface area contributed by atoms with Gasteiger partial charge in [0.1, 0.15) is 0 Å². The number of carbonyl (C=O) groups excluding carboxylic acids is 1. The SMILES string of the molecule is CC(C)(C)[C@H](N)C(=O)N1CCC(N2CCOCC2)C1. The molecule has 2 aliphatic rings. The number of amides is 1. The molecular weight excluding hydrogens is 242 g/mol. The minimum Gasteiger partial charge on any atom is -0.379 e. The molecule has 0 bridgehead atoms. The highest BCUT2D eigenvalue weighted by molar-refractivity contribution is 5.82. The second-order valence-electron chi connectivity index (χ2n) is 6.72. The lowest BCUT2D eigenvalue weighted by atomic mass is 9.86. The molecule has 2 heterocycles. The maximum Gasteiger partial charge on any atom is 0.240 e. The molecule has 0 aromatic carbocycles. The fourth-order valence-electron chi connectivity index (χ4n) is 2.75. The highest BCUT2D eigenvalue weighted by Gasteiger charge is 2.36. The molecule has 0 saturated carbocycles. The molecule has 5 nitrogen and oxygen atoms in total. The van der Waals surface area contributed by atoms with Crippen molar-refractivity contribution in [1.29, 1.82) is 0 Å². The number of likely N-dealkylation sites (tertiary alicyclic amines) is 1. The van der Waals surface area contributed by atoms with E-state index in [1.54, 1.807) is 0 Å². The number of morpholine rings is 1. The number of nitrogens with zero attached hydrogens (tertiary/aromatic N) is 2. The van der Waals surface area contributed by atoms with Crippen LogP contribution >= 0.6 is 0 Å². The Hall–Kier alpha value is -0.650. The van der Waals surface area contributed by atoms with Gasteiger partial charge in [0.2, 0.25) is 5.91 Å². The van der Waals surface area contributed by atoms with Crippen LogP contribution in [0, 0.1) is 5.41 Å². The topological polar surface area (TPSA) is 58.8 Å². The van der Waals surface area contributed by atoms with Crippen LogP contribution in [0.5, 0.6) is 0 Å². The zero-order valence-corrected chi connectivity index (χ0v) is 12.4. The Balaban J connectivity index is 1.89. The van der Waals surface area contributed by atoms with Crippen molar-refractivity contribution in [3.8, 4) is 0 Å². The summed E-state index contributed by atoms with van der Waals surface area (Å²) in [6.45, 7) is 11.3. The molecule has 2 N–H and O–H groups in total. The van der Waals surface area contributed by atoms with Gasteiger partial charge in [0.05, 0.1) is 19.3 Å². The standard InChI is InChI=1S/C14H27N3O2/c1-14(2,3)12(15)13(18)17-5-4-11(10-17)16-6-8-19-9-7-16/h11-12H,4-10,15H2,1-3H3/t11?,12-/m1/s1. The summed E-state index contributed by atoms with van der Waals surface area (Å²) in [5.74, 6) is 0.100. The van der Waals surface area contributed by atoms with E-state index in [1.165, 1.54) is 0 Å². The Morgan fingerprint density at radius 1 is 1.26 bits per heavy atom. The normalized spacial score (nSPS) is 27.6. The van der Waals surface area contributed by atoms with E-state index in [-0.39, 0.29) is 11.3 Å². The summed E-state index contributed by atoms with van der Waals surface area (Å²) < 4.78 is 5.37. The number of hydrogen-bond acceptors (Lipinski definition) is 4. The molecule has 5 heteroatoms. The summed E-state index contributed by atoms with van der Waals surface area (Å²) in [5.41, 5.74) is 5.90. The number of hydrogen-bond donors (Lipinski definition) is 1. The van der Waals surface area contributed by atoms with Crippen molar-refractivity contribution in [3.05, 3.63) is 0 Å². The Morgan fingerprint density at radius 2 is 1.89 bits per heavy atom. The summed E-state index contributed by atoms with van der Waals surface area (Å²) in [6.07, 6.45) is 1.06. The summed E-state index contributed by atoms with van der Waals surface area (Å²) in [4.78, 5) is 16.8. The van der Waals surface area contributed by atoms with Crippen LogP contribution in [0.4, 0.5) is 0 Å². The zero-order valence-electron chi connectivity index (χ0n) is 12.4. The first kappa shape index (κ1) is 14.8. The smallest absolute Gasteiger partial charge is 0.240 e. The third-order valence-corrected chi connectivity index (χ3v) is 4.24. The van der Waals surface area contributed by atoms with Gasteiger partial charge in [0, 0.05) is 32.2 Å². The van der Waals surface area contributed by atoms with Crippen molar-refractivity contribution < 1.29 is 9.53 Å². The lowest BCUT2D eigenvalue weighted by Crippen LogP contribution is -2.51. The van der Waals surface area contributed by atoms with Crippen LogP contribution in [0.1, 0.15) is 27.2 Å². The molecular formula is C14H27N3O2. The molecule has 0 spiro atoms. The molecule has 2 rings (SSSR count). The van der Waals surface area contributed by atoms with Gasteiger partial charge in [0.25, 0.3) is 0 Å². The molecule has 19 heavy (non-hydrogen) atoms. The molecule has 0 aliphatic carbocycles. The predicted molar refractivity (Wildman–Crippen MR) is 74.8 cm³/mol. The molecule has 2 fully saturated rings. The highest BCUT2D eigenvalue weighted by Crippen LogP contribution is 2.23. The third kappa shape index (κ3) is 3.46. The fraction of sp³-hybridized carbons (Fsp3) is 0.929. The number of carbonyl (C=O) groups is 1. The van der Waals surface area contributed by atoms with E-state index >= 15 is 0 Å². The lowest BCUT2D eigenvalue weighted by Gasteiger charge is -2.33. The van der Waals surface area contributed by atoms with E-state index in [9.17, 15) is 4.79 Å². The van der Waals surface area contributed by atoms with Gasteiger partial charge in [-0.3, -0.25) is 9.69 Å². The number of rotatable bonds is 2. The van der Waals surface area contributed by atoms with E-state index in [0.717, 1.165) is 45.8 Å². The molecule has 0 aromatic heterocycles. The summed E-state index contributed by atoms with van der Waals surface area (Å²) in [6, 6.07) is 0.0796. The maximum atomic E-state index is 12.4. The molecule has 2 aliphatic heterocycles. The molecule has 1 unspecified atom stereocenters. The average molecular weight is 269 g/mol. The Kier molecular flexibility index (Phi) is 4.48. The van der Waals surface area contributed by atoms with E-state index in [0.29, 0.717) is 6.04 Å². The first-order chi connectivity index (χ1) is 8.89. The van der Waals surface area contributed by atoms with Crippen molar-refractivity contribution in [2.24, 2.45) is 11.1 Å². The van der Waals surface area contributed by atoms with Crippen LogP contribution in [-0.2, 0) is 9.53 Å². The lowest BCUT2D eigenvalue weighted by molar-refractivity contribution is -0.134. The number of ether oxygens (including phenoxy) is 1. The van der Waals surface area contributed by atoms with Crippen molar-refractivity contribution >= 4 is 5.91 Å². The largest absolute Gasteiger partial charge is 0.379 e. The quantitative estimate of drug-likeness (QED) is 0.783. The van der Waals surface area contributed by atoms with Gasteiger partial charge < -0.3 is 15.4 Å². The highest BCUT2D eigenvalue weighted by atomic mass is 16.5. The van der Waals surface area contributed by atoms with Crippen LogP contribution in [0.3, 0.4) is 0 Å². The van der Waals surface area contributed by atoms with E-state index in [4.69, 9.17) is 10.5 Å². The van der Waals surface area contributed by atoms with E-state index < -0.39 is 6.04 Å². The number of nitrogens with two attached hydrogens (primary N) is 1. The van der Waals surface area contributed by atoms with Crippen molar-refractivity contribution in [3.63, 3.8) is 0 Å². The fourth-order valence-corrected chi connectivity index (χ4v) is 2.75. The van der Waals surface area contributed by atoms with Crippen LogP contribution in [0.25, 0.3) is 0 Å². The Labute approximate surface area is 116 Å². The van der Waals surface area contributed by atoms with Gasteiger partial charge in [0.15, 0.2) is 0 Å². The van der Waals surface area contributed by atoms with Crippen LogP contribution in [0.2, 0.25) is 0 Å². The van der Waals surface area contributed by atoms with E-state index in [1.807, 2.05) is 25.7 Å². The molecule has 0 radical (unpaired) electrons. The van der Waals surface area contributed by atoms with Gasteiger partial charge in [-0.05, 0) is 11.8 Å². The molecule has 110 valence electrons. The van der Waals surface area contributed by atoms with Crippen LogP contribution in [0.15, 0.2) is 0 Å². The van der Waals surface area contributed by atoms with Crippen molar-refractivity contribution in [2.45, 2.75) is 39.3 Å². The first-order valence-corrected chi connectivity index (χ1v) is 7.26. The van der Waals surface area contributed by atoms with Crippen molar-refractivity contribution in [2.75, 3.05) is 39.4 Å². The average Bonchev–Trinajstić information content (AvgIpc) is 2.86. The van der Waals surface area contributed by atoms with Crippen molar-refractivity contribution in [1.82, 2.24) is 9.80 Å². The molecule has 0 aromatic rings. The van der Waals surface area contributed by atoms with Gasteiger partial charge in [-0.1, -0.05) is 20.8 Å². The van der Waals surface area contributed by atoms with Crippen LogP contribution < -0.4 is 5.73 Å². The Morgan fingerprint density at radius 3 is 2.47 bits per heavy atom. The predicted octanol–water partition coefficient (Wildman–Crippen LogP) is 0.293. The summed E-state index contributed by atoms with van der Waals surface area (Å²) in [7, 11) is 0. The Bertz CT molecular complexity index is 321. The summed E-state index contributed by atoms with van der Waals surface area (Å²) >= 11 is 0. The summed E-state index contributed by atoms with van der Waals surface area (Å²) in [5, 5.41) is 0. The minimum atomic E-state index is -0.407. The second-order valence-corrected chi connectivity index (χ2v) is 6.72. The third-order valence-electron chi connectivity index (χ3n) is 4.24. The molecule has 1 amide bonds. The second kappa shape index (κ2) is 5.77. The zero-order chi connectivity index (χ0) is 14.0. The first-order valence-electron chi connectivity index (χ1n) is 7.26. The van der Waals surface area contributed by atoms with Gasteiger partial charge in [-0.25, -0.2) is 0 Å². The van der Waals surface area contributed by atoms with Gasteiger partial charge >= 0.3 is 0 Å². The van der Waals surface area contributed by atoms with E-state index in [2.05, 4.69) is 4.90 Å². The van der Waals surface area contributed by atoms with Gasteiger partial charge in [-0.2, -0.15) is 0 Å². The maximum absolute atomic E-state index is 12.4. The minimum absolute atomic E-state index is 0.100. The van der Waals surface area contributed by atoms with Crippen LogP contribution in [-0.4, -0.2) is 67.2 Å². The monoisotopic (exact) mass is 269 g/mol. The van der Waals surface area contributed by atoms with Gasteiger partial charge in [-0.15, -0.1) is 0 Å².